The Labute approximate surface area is 128 Å². The fourth-order valence-electron chi connectivity index (χ4n) is 1.29. The Bertz CT molecular complexity index is 587. The molecule has 0 radical (unpaired) electrons. The van der Waals surface area contributed by atoms with E-state index in [1.807, 2.05) is 6.07 Å². The topological polar surface area (TPSA) is 42.0 Å². The summed E-state index contributed by atoms with van der Waals surface area (Å²) in [6.07, 6.45) is 1.42. The molecule has 0 atom stereocenters. The molecule has 0 spiro atoms. The minimum absolute atomic E-state index is 0.286. The molecule has 2 aromatic rings. The first-order valence-electron chi connectivity index (χ1n) is 4.94. The van der Waals surface area contributed by atoms with Gasteiger partial charge in [0.15, 0.2) is 0 Å². The first-order valence-corrected chi connectivity index (χ1v) is 6.77. The number of pyridine rings is 1. The Morgan fingerprint density at radius 2 is 2.00 bits per heavy atom. The van der Waals surface area contributed by atoms with Gasteiger partial charge < -0.3 is 5.32 Å². The molecule has 1 amide bonds. The van der Waals surface area contributed by atoms with Crippen LogP contribution in [0.25, 0.3) is 0 Å². The highest BCUT2D eigenvalue weighted by molar-refractivity contribution is 14.1. The average molecular weight is 393 g/mol. The summed E-state index contributed by atoms with van der Waals surface area (Å²) in [4.78, 5) is 15.8. The van der Waals surface area contributed by atoms with Crippen molar-refractivity contribution < 1.29 is 4.79 Å². The smallest absolute Gasteiger partial charge is 0.274 e. The van der Waals surface area contributed by atoms with Gasteiger partial charge in [-0.1, -0.05) is 23.2 Å². The van der Waals surface area contributed by atoms with Crippen LogP contribution in [0.4, 0.5) is 5.69 Å². The summed E-state index contributed by atoms with van der Waals surface area (Å²) >= 11 is 13.8. The molecule has 3 nitrogen and oxygen atoms in total. The maximum atomic E-state index is 11.9. The summed E-state index contributed by atoms with van der Waals surface area (Å²) in [6, 6.07) is 8.54. The number of hydrogen-bond donors (Lipinski definition) is 1. The van der Waals surface area contributed by atoms with Crippen molar-refractivity contribution in [3.63, 3.8) is 0 Å². The number of amides is 1. The van der Waals surface area contributed by atoms with Crippen LogP contribution in [0.15, 0.2) is 36.5 Å². The molecule has 2 rings (SSSR count). The molecule has 1 aromatic carbocycles. The van der Waals surface area contributed by atoms with Crippen molar-refractivity contribution in [3.05, 3.63) is 55.8 Å². The van der Waals surface area contributed by atoms with Crippen LogP contribution < -0.4 is 5.32 Å². The van der Waals surface area contributed by atoms with Crippen molar-refractivity contribution in [2.75, 3.05) is 5.32 Å². The summed E-state index contributed by atoms with van der Waals surface area (Å²) in [7, 11) is 0. The zero-order valence-electron chi connectivity index (χ0n) is 8.95. The zero-order valence-corrected chi connectivity index (χ0v) is 12.6. The molecule has 18 heavy (non-hydrogen) atoms. The lowest BCUT2D eigenvalue weighted by molar-refractivity contribution is 0.102. The highest BCUT2D eigenvalue weighted by atomic mass is 127. The molecule has 1 heterocycles. The van der Waals surface area contributed by atoms with Gasteiger partial charge in [0.1, 0.15) is 5.69 Å². The van der Waals surface area contributed by atoms with E-state index in [2.05, 4.69) is 32.9 Å². The number of hydrogen-bond acceptors (Lipinski definition) is 2. The van der Waals surface area contributed by atoms with Crippen molar-refractivity contribution >= 4 is 57.4 Å². The van der Waals surface area contributed by atoms with Gasteiger partial charge in [-0.3, -0.25) is 4.79 Å². The molecule has 1 N–H and O–H groups in total. The minimum atomic E-state index is -0.324. The number of halogens is 3. The second-order valence-electron chi connectivity index (χ2n) is 3.44. The second-order valence-corrected chi connectivity index (χ2v) is 5.53. The minimum Gasteiger partial charge on any atom is -0.319 e. The Kier molecular flexibility index (Phi) is 4.42. The number of nitrogens with zero attached hydrogens (tertiary/aromatic N) is 1. The van der Waals surface area contributed by atoms with E-state index in [1.54, 1.807) is 24.3 Å². The van der Waals surface area contributed by atoms with E-state index in [0.29, 0.717) is 15.7 Å². The molecule has 0 aliphatic carbocycles. The van der Waals surface area contributed by atoms with Gasteiger partial charge in [0.25, 0.3) is 5.91 Å². The monoisotopic (exact) mass is 392 g/mol. The first kappa shape index (κ1) is 13.6. The Hall–Kier alpha value is -0.850. The number of aromatic nitrogens is 1. The van der Waals surface area contributed by atoms with Crippen LogP contribution in [0.5, 0.6) is 0 Å². The normalized spacial score (nSPS) is 10.2. The predicted octanol–water partition coefficient (Wildman–Crippen LogP) is 4.25. The molecule has 1 aromatic heterocycles. The van der Waals surface area contributed by atoms with Crippen LogP contribution in [0, 0.1) is 3.57 Å². The van der Waals surface area contributed by atoms with Crippen LogP contribution in [0.2, 0.25) is 10.0 Å². The average Bonchev–Trinajstić information content (AvgIpc) is 2.34. The van der Waals surface area contributed by atoms with Gasteiger partial charge in [-0.15, -0.1) is 0 Å². The van der Waals surface area contributed by atoms with Gasteiger partial charge in [-0.25, -0.2) is 4.98 Å². The molecule has 0 unspecified atom stereocenters. The van der Waals surface area contributed by atoms with E-state index in [9.17, 15) is 4.79 Å². The lowest BCUT2D eigenvalue weighted by Crippen LogP contribution is -2.13. The van der Waals surface area contributed by atoms with Crippen LogP contribution >= 0.6 is 45.8 Å². The lowest BCUT2D eigenvalue weighted by Gasteiger charge is -2.07. The Morgan fingerprint density at radius 1 is 1.22 bits per heavy atom. The fraction of sp³-hybridized carbons (Fsp3) is 0. The van der Waals surface area contributed by atoms with E-state index in [4.69, 9.17) is 23.2 Å². The summed E-state index contributed by atoms with van der Waals surface area (Å²) in [6.45, 7) is 0. The van der Waals surface area contributed by atoms with Crippen LogP contribution in [-0.2, 0) is 0 Å². The largest absolute Gasteiger partial charge is 0.319 e. The SMILES string of the molecule is O=C(Nc1cc(I)ccc1Cl)c1ccc(Cl)cn1. The summed E-state index contributed by atoms with van der Waals surface area (Å²) in [5.41, 5.74) is 0.847. The molecule has 0 saturated carbocycles. The van der Waals surface area contributed by atoms with E-state index in [1.165, 1.54) is 6.20 Å². The van der Waals surface area contributed by atoms with Crippen LogP contribution in [-0.4, -0.2) is 10.9 Å². The maximum Gasteiger partial charge on any atom is 0.274 e. The van der Waals surface area contributed by atoms with Gasteiger partial charge in [0.2, 0.25) is 0 Å². The Morgan fingerprint density at radius 3 is 2.67 bits per heavy atom. The van der Waals surface area contributed by atoms with Gasteiger partial charge in [0.05, 0.1) is 15.7 Å². The van der Waals surface area contributed by atoms with Gasteiger partial charge in [0, 0.05) is 9.77 Å². The summed E-state index contributed by atoms with van der Waals surface area (Å²) in [5.74, 6) is -0.324. The van der Waals surface area contributed by atoms with Gasteiger partial charge >= 0.3 is 0 Å². The zero-order chi connectivity index (χ0) is 13.1. The highest BCUT2D eigenvalue weighted by Crippen LogP contribution is 2.24. The first-order chi connectivity index (χ1) is 8.56. The number of carbonyl (C=O) groups excluding carboxylic acids is 1. The van der Waals surface area contributed by atoms with E-state index in [0.717, 1.165) is 3.57 Å². The van der Waals surface area contributed by atoms with Gasteiger partial charge in [-0.05, 0) is 52.9 Å². The van der Waals surface area contributed by atoms with Crippen molar-refractivity contribution in [1.29, 1.82) is 0 Å². The number of rotatable bonds is 2. The number of benzene rings is 1. The van der Waals surface area contributed by atoms with Crippen LogP contribution in [0.3, 0.4) is 0 Å². The maximum absolute atomic E-state index is 11.9. The number of carbonyl (C=O) groups is 1. The summed E-state index contributed by atoms with van der Waals surface area (Å²) in [5, 5.41) is 3.67. The van der Waals surface area contributed by atoms with Crippen molar-refractivity contribution in [2.24, 2.45) is 0 Å². The van der Waals surface area contributed by atoms with Crippen molar-refractivity contribution in [3.8, 4) is 0 Å². The van der Waals surface area contributed by atoms with E-state index >= 15 is 0 Å². The molecule has 0 aliphatic heterocycles. The second kappa shape index (κ2) is 5.86. The Balaban J connectivity index is 2.21. The van der Waals surface area contributed by atoms with Crippen LogP contribution in [0.1, 0.15) is 10.5 Å². The molecule has 0 saturated heterocycles. The van der Waals surface area contributed by atoms with Crippen molar-refractivity contribution in [2.45, 2.75) is 0 Å². The van der Waals surface area contributed by atoms with E-state index in [-0.39, 0.29) is 11.6 Å². The molecule has 0 aliphatic rings. The van der Waals surface area contributed by atoms with Crippen molar-refractivity contribution in [1.82, 2.24) is 4.98 Å². The molecule has 0 fully saturated rings. The molecule has 92 valence electrons. The van der Waals surface area contributed by atoms with E-state index < -0.39 is 0 Å². The third-order valence-corrected chi connectivity index (χ3v) is 3.36. The molecular weight excluding hydrogens is 386 g/mol. The van der Waals surface area contributed by atoms with Gasteiger partial charge in [-0.2, -0.15) is 0 Å². The number of anilines is 1. The highest BCUT2D eigenvalue weighted by Gasteiger charge is 2.09. The fourth-order valence-corrected chi connectivity index (χ4v) is 2.06. The standard InChI is InChI=1S/C12H7Cl2IN2O/c13-7-1-4-10(16-6-7)12(18)17-11-5-8(15)2-3-9(11)14/h1-6H,(H,17,18). The molecule has 0 bridgehead atoms. The predicted molar refractivity (Wildman–Crippen MR) is 81.4 cm³/mol. The quantitative estimate of drug-likeness (QED) is 0.776. The summed E-state index contributed by atoms with van der Waals surface area (Å²) < 4.78 is 0.983. The lowest BCUT2D eigenvalue weighted by atomic mass is 10.3. The third kappa shape index (κ3) is 3.34. The third-order valence-electron chi connectivity index (χ3n) is 2.14. The molecule has 6 heteroatoms. The number of nitrogens with one attached hydrogen (secondary N) is 1. The molecular formula is C12H7Cl2IN2O.